The van der Waals surface area contributed by atoms with E-state index in [1.54, 1.807) is 40.1 Å². The minimum atomic E-state index is -0.279. The van der Waals surface area contributed by atoms with Crippen LogP contribution >= 0.6 is 0 Å². The van der Waals surface area contributed by atoms with Gasteiger partial charge in [-0.25, -0.2) is 14.4 Å². The van der Waals surface area contributed by atoms with Gasteiger partial charge in [0.15, 0.2) is 0 Å². The summed E-state index contributed by atoms with van der Waals surface area (Å²) in [5.41, 5.74) is 1.61. The molecule has 0 bridgehead atoms. The molecule has 0 saturated carbocycles. The van der Waals surface area contributed by atoms with Crippen molar-refractivity contribution < 1.29 is 4.39 Å². The third-order valence-electron chi connectivity index (χ3n) is 2.77. The van der Waals surface area contributed by atoms with Crippen LogP contribution in [0.5, 0.6) is 0 Å². The monoisotopic (exact) mass is 284 g/mol. The summed E-state index contributed by atoms with van der Waals surface area (Å²) < 4.78 is 14.6. The number of hydrogen-bond acceptors (Lipinski definition) is 4. The Labute approximate surface area is 120 Å². The molecule has 7 heteroatoms. The maximum atomic E-state index is 13.0. The van der Waals surface area contributed by atoms with Gasteiger partial charge in [-0.1, -0.05) is 0 Å². The fourth-order valence-corrected chi connectivity index (χ4v) is 1.84. The molecule has 2 aromatic heterocycles. The molecule has 21 heavy (non-hydrogen) atoms. The van der Waals surface area contributed by atoms with Gasteiger partial charge in [-0.3, -0.25) is 0 Å². The molecule has 0 radical (unpaired) electrons. The van der Waals surface area contributed by atoms with Crippen LogP contribution in [0.25, 0.3) is 17.0 Å². The standard InChI is InChI=1S/C14H13FN6/c1-20(2)9-17-13-18-14-16-8-7-12(21(14)19-13)10-3-5-11(15)6-4-10/h3-9H,1-2H3/b17-9+. The first-order chi connectivity index (χ1) is 10.1. The Kier molecular flexibility index (Phi) is 3.31. The fourth-order valence-electron chi connectivity index (χ4n) is 1.84. The van der Waals surface area contributed by atoms with Crippen molar-refractivity contribution in [2.24, 2.45) is 4.99 Å². The molecule has 0 aliphatic carbocycles. The van der Waals surface area contributed by atoms with E-state index in [-0.39, 0.29) is 5.82 Å². The normalized spacial score (nSPS) is 11.4. The van der Waals surface area contributed by atoms with E-state index in [4.69, 9.17) is 0 Å². The molecule has 0 spiro atoms. The lowest BCUT2D eigenvalue weighted by atomic mass is 10.1. The summed E-state index contributed by atoms with van der Waals surface area (Å²) in [6.07, 6.45) is 3.26. The zero-order valence-corrected chi connectivity index (χ0v) is 11.6. The van der Waals surface area contributed by atoms with Gasteiger partial charge >= 0.3 is 0 Å². The van der Waals surface area contributed by atoms with Crippen molar-refractivity contribution >= 4 is 18.1 Å². The summed E-state index contributed by atoms with van der Waals surface area (Å²) in [6.45, 7) is 0. The molecule has 106 valence electrons. The van der Waals surface area contributed by atoms with Crippen molar-refractivity contribution in [3.8, 4) is 11.3 Å². The van der Waals surface area contributed by atoms with E-state index in [9.17, 15) is 4.39 Å². The van der Waals surface area contributed by atoms with Gasteiger partial charge in [-0.05, 0) is 30.3 Å². The topological polar surface area (TPSA) is 58.7 Å². The van der Waals surface area contributed by atoms with Crippen LogP contribution in [-0.2, 0) is 0 Å². The molecule has 6 nitrogen and oxygen atoms in total. The Hall–Kier alpha value is -2.83. The number of fused-ring (bicyclic) bond motifs is 1. The summed E-state index contributed by atoms with van der Waals surface area (Å²) in [5, 5.41) is 4.31. The van der Waals surface area contributed by atoms with Crippen LogP contribution in [0.2, 0.25) is 0 Å². The van der Waals surface area contributed by atoms with Crippen LogP contribution in [0.3, 0.4) is 0 Å². The molecular formula is C14H13FN6. The summed E-state index contributed by atoms with van der Waals surface area (Å²) in [7, 11) is 3.73. The van der Waals surface area contributed by atoms with Crippen molar-refractivity contribution in [2.75, 3.05) is 14.1 Å². The lowest BCUT2D eigenvalue weighted by Crippen LogP contribution is -2.07. The van der Waals surface area contributed by atoms with Gasteiger partial charge in [-0.15, -0.1) is 5.10 Å². The summed E-state index contributed by atoms with van der Waals surface area (Å²) >= 11 is 0. The summed E-state index contributed by atoms with van der Waals surface area (Å²) in [6, 6.07) is 7.99. The van der Waals surface area contributed by atoms with Crippen LogP contribution in [0.4, 0.5) is 10.3 Å². The van der Waals surface area contributed by atoms with Crippen LogP contribution in [0.15, 0.2) is 41.5 Å². The Morgan fingerprint density at radius 1 is 1.19 bits per heavy atom. The highest BCUT2D eigenvalue weighted by molar-refractivity contribution is 5.62. The molecule has 0 N–H and O–H groups in total. The van der Waals surface area contributed by atoms with Crippen LogP contribution < -0.4 is 0 Å². The van der Waals surface area contributed by atoms with Crippen LogP contribution in [0.1, 0.15) is 0 Å². The molecule has 3 aromatic rings. The van der Waals surface area contributed by atoms with Crippen LogP contribution in [-0.4, -0.2) is 44.9 Å². The van der Waals surface area contributed by atoms with Crippen molar-refractivity contribution in [3.63, 3.8) is 0 Å². The van der Waals surface area contributed by atoms with Gasteiger partial charge in [0.25, 0.3) is 11.7 Å². The third-order valence-corrected chi connectivity index (χ3v) is 2.77. The van der Waals surface area contributed by atoms with Gasteiger partial charge in [0.05, 0.1) is 12.0 Å². The van der Waals surface area contributed by atoms with E-state index in [0.717, 1.165) is 11.3 Å². The number of hydrogen-bond donors (Lipinski definition) is 0. The minimum Gasteiger partial charge on any atom is -0.369 e. The summed E-state index contributed by atoms with van der Waals surface area (Å²) in [5.74, 6) is 0.493. The lowest BCUT2D eigenvalue weighted by molar-refractivity contribution is 0.628. The van der Waals surface area contributed by atoms with E-state index < -0.39 is 0 Å². The molecular weight excluding hydrogens is 271 g/mol. The van der Waals surface area contributed by atoms with Crippen molar-refractivity contribution in [1.29, 1.82) is 0 Å². The molecule has 0 atom stereocenters. The molecule has 0 fully saturated rings. The smallest absolute Gasteiger partial charge is 0.272 e. The predicted molar refractivity (Wildman–Crippen MR) is 78.0 cm³/mol. The minimum absolute atomic E-state index is 0.279. The van der Waals surface area contributed by atoms with Crippen molar-refractivity contribution in [3.05, 3.63) is 42.3 Å². The Bertz CT molecular complexity index is 791. The largest absolute Gasteiger partial charge is 0.369 e. The maximum Gasteiger partial charge on any atom is 0.272 e. The zero-order chi connectivity index (χ0) is 14.8. The summed E-state index contributed by atoms with van der Waals surface area (Å²) in [4.78, 5) is 14.3. The number of rotatable bonds is 3. The highest BCUT2D eigenvalue weighted by Gasteiger charge is 2.09. The number of aromatic nitrogens is 4. The van der Waals surface area contributed by atoms with Gasteiger partial charge in [-0.2, -0.15) is 9.50 Å². The molecule has 0 aliphatic heterocycles. The number of halogens is 1. The van der Waals surface area contributed by atoms with E-state index >= 15 is 0 Å². The lowest BCUT2D eigenvalue weighted by Gasteiger charge is -2.02. The zero-order valence-electron chi connectivity index (χ0n) is 11.6. The predicted octanol–water partition coefficient (Wildman–Crippen LogP) is 2.15. The second-order valence-corrected chi connectivity index (χ2v) is 4.67. The van der Waals surface area contributed by atoms with E-state index in [2.05, 4.69) is 20.1 Å². The molecule has 1 aromatic carbocycles. The molecule has 0 aliphatic rings. The Morgan fingerprint density at radius 3 is 2.67 bits per heavy atom. The fraction of sp³-hybridized carbons (Fsp3) is 0.143. The SMILES string of the molecule is CN(C)/C=N/c1nc2nccc(-c3ccc(F)cc3)n2n1. The molecule has 3 rings (SSSR count). The number of aliphatic imine (C=N–C) groups is 1. The highest BCUT2D eigenvalue weighted by atomic mass is 19.1. The van der Waals surface area contributed by atoms with Gasteiger partial charge < -0.3 is 4.90 Å². The van der Waals surface area contributed by atoms with Crippen molar-refractivity contribution in [1.82, 2.24) is 24.5 Å². The Balaban J connectivity index is 2.09. The van der Waals surface area contributed by atoms with Gasteiger partial charge in [0.1, 0.15) is 5.82 Å². The maximum absolute atomic E-state index is 13.0. The third kappa shape index (κ3) is 2.71. The highest BCUT2D eigenvalue weighted by Crippen LogP contribution is 2.20. The van der Waals surface area contributed by atoms with E-state index in [1.165, 1.54) is 12.1 Å². The first kappa shape index (κ1) is 13.2. The first-order valence-corrected chi connectivity index (χ1v) is 6.32. The Morgan fingerprint density at radius 2 is 1.95 bits per heavy atom. The molecule has 0 unspecified atom stereocenters. The average molecular weight is 284 g/mol. The molecule has 0 saturated heterocycles. The van der Waals surface area contributed by atoms with Crippen molar-refractivity contribution in [2.45, 2.75) is 0 Å². The average Bonchev–Trinajstić information content (AvgIpc) is 2.89. The first-order valence-electron chi connectivity index (χ1n) is 6.32. The van der Waals surface area contributed by atoms with E-state index in [1.807, 2.05) is 14.1 Å². The molecule has 0 amide bonds. The molecule has 2 heterocycles. The second kappa shape index (κ2) is 5.28. The van der Waals surface area contributed by atoms with Gasteiger partial charge in [0.2, 0.25) is 0 Å². The van der Waals surface area contributed by atoms with Gasteiger partial charge in [0, 0.05) is 25.9 Å². The quantitative estimate of drug-likeness (QED) is 0.546. The second-order valence-electron chi connectivity index (χ2n) is 4.67. The number of benzene rings is 1. The van der Waals surface area contributed by atoms with E-state index in [0.29, 0.717) is 11.7 Å². The number of nitrogens with zero attached hydrogens (tertiary/aromatic N) is 6. The van der Waals surface area contributed by atoms with Crippen LogP contribution in [0, 0.1) is 5.82 Å².